The fourth-order valence-electron chi connectivity index (χ4n) is 5.03. The van der Waals surface area contributed by atoms with Crippen molar-refractivity contribution in [3.8, 4) is 33.8 Å². The highest BCUT2D eigenvalue weighted by Gasteiger charge is 2.11. The summed E-state index contributed by atoms with van der Waals surface area (Å²) in [4.78, 5) is 0. The first kappa shape index (κ1) is 25.3. The van der Waals surface area contributed by atoms with Crippen molar-refractivity contribution in [2.45, 2.75) is 19.6 Å². The summed E-state index contributed by atoms with van der Waals surface area (Å²) in [6.45, 7) is 1.75. The highest BCUT2D eigenvalue weighted by atomic mass is 15.4. The molecule has 0 atom stereocenters. The lowest BCUT2D eigenvalue weighted by Gasteiger charge is -2.10. The van der Waals surface area contributed by atoms with E-state index in [1.807, 2.05) is 124 Å². The van der Waals surface area contributed by atoms with Crippen molar-refractivity contribution in [1.82, 2.24) is 45.0 Å². The molecule has 7 aromatic rings. The van der Waals surface area contributed by atoms with Gasteiger partial charge >= 0.3 is 0 Å². The molecule has 0 radical (unpaired) electrons. The third-order valence-corrected chi connectivity index (χ3v) is 6.97. The molecule has 9 heteroatoms. The summed E-state index contributed by atoms with van der Waals surface area (Å²) in [5.74, 6) is 0. The van der Waals surface area contributed by atoms with Crippen LogP contribution in [0.3, 0.4) is 0 Å². The Morgan fingerprint density at radius 2 is 0.667 bits per heavy atom. The molecule has 0 N–H and O–H groups in total. The van der Waals surface area contributed by atoms with Crippen LogP contribution in [0.1, 0.15) is 16.7 Å². The van der Waals surface area contributed by atoms with Gasteiger partial charge in [0, 0.05) is 16.7 Å². The summed E-state index contributed by atoms with van der Waals surface area (Å²) in [6, 6.07) is 36.8. The minimum atomic E-state index is 0.583. The van der Waals surface area contributed by atoms with E-state index in [0.717, 1.165) is 50.5 Å². The number of rotatable bonds is 9. The van der Waals surface area contributed by atoms with Gasteiger partial charge < -0.3 is 0 Å². The zero-order chi connectivity index (χ0) is 28.1. The molecule has 204 valence electrons. The molecule has 0 aliphatic carbocycles. The first-order valence-electron chi connectivity index (χ1n) is 13.7. The molecule has 0 unspecified atom stereocenters. The lowest BCUT2D eigenvalue weighted by Crippen LogP contribution is -2.07. The first-order valence-corrected chi connectivity index (χ1v) is 13.7. The van der Waals surface area contributed by atoms with E-state index in [-0.39, 0.29) is 0 Å². The van der Waals surface area contributed by atoms with Gasteiger partial charge in [-0.3, -0.25) is 0 Å². The number of hydrogen-bond donors (Lipinski definition) is 0. The van der Waals surface area contributed by atoms with Gasteiger partial charge in [0.2, 0.25) is 0 Å². The fourth-order valence-corrected chi connectivity index (χ4v) is 5.03. The van der Waals surface area contributed by atoms with Crippen molar-refractivity contribution in [3.05, 3.63) is 144 Å². The van der Waals surface area contributed by atoms with Crippen LogP contribution in [-0.4, -0.2) is 45.0 Å². The van der Waals surface area contributed by atoms with Crippen LogP contribution >= 0.6 is 0 Å². The van der Waals surface area contributed by atoms with Crippen molar-refractivity contribution in [1.29, 1.82) is 0 Å². The summed E-state index contributed by atoms with van der Waals surface area (Å²) in [7, 11) is 0. The third-order valence-electron chi connectivity index (χ3n) is 6.97. The third kappa shape index (κ3) is 5.75. The molecule has 9 nitrogen and oxygen atoms in total. The maximum atomic E-state index is 4.40. The highest BCUT2D eigenvalue weighted by molar-refractivity contribution is 5.58. The number of benzene rings is 4. The quantitative estimate of drug-likeness (QED) is 0.233. The molecule has 0 aliphatic rings. The molecule has 0 aliphatic heterocycles. The van der Waals surface area contributed by atoms with Gasteiger partial charge in [0.1, 0.15) is 17.1 Å². The van der Waals surface area contributed by atoms with E-state index in [4.69, 9.17) is 0 Å². The van der Waals surface area contributed by atoms with Crippen LogP contribution in [0.2, 0.25) is 0 Å². The zero-order valence-electron chi connectivity index (χ0n) is 22.8. The van der Waals surface area contributed by atoms with Gasteiger partial charge in [-0.25, -0.2) is 14.0 Å². The van der Waals surface area contributed by atoms with E-state index in [0.29, 0.717) is 19.6 Å². The Hall–Kier alpha value is -5.70. The first-order chi connectivity index (χ1) is 20.7. The SMILES string of the molecule is c1ccc(-c2cn(Cc3cc(Cn4cc(-c5ccccc5)nn4)cc(Cn4cc(-c5ccccc5)nn4)c3)nn2)cc1. The van der Waals surface area contributed by atoms with Gasteiger partial charge in [-0.05, 0) is 16.7 Å². The number of nitrogens with zero attached hydrogens (tertiary/aromatic N) is 9. The molecular formula is C33H27N9. The highest BCUT2D eigenvalue weighted by Crippen LogP contribution is 2.20. The number of aromatic nitrogens is 9. The van der Waals surface area contributed by atoms with Crippen molar-refractivity contribution < 1.29 is 0 Å². The summed E-state index contributed by atoms with van der Waals surface area (Å²) in [5.41, 5.74) is 8.99. The van der Waals surface area contributed by atoms with E-state index < -0.39 is 0 Å². The summed E-state index contributed by atoms with van der Waals surface area (Å²) in [5, 5.41) is 26.4. The average Bonchev–Trinajstić information content (AvgIpc) is 3.81. The normalized spacial score (nSPS) is 11.1. The molecule has 0 spiro atoms. The van der Waals surface area contributed by atoms with E-state index in [9.17, 15) is 0 Å². The molecular weight excluding hydrogens is 522 g/mol. The van der Waals surface area contributed by atoms with Gasteiger partial charge in [0.05, 0.1) is 38.2 Å². The Morgan fingerprint density at radius 3 is 0.952 bits per heavy atom. The molecule has 3 aromatic heterocycles. The minimum Gasteiger partial charge on any atom is -0.247 e. The van der Waals surface area contributed by atoms with E-state index in [2.05, 4.69) is 49.1 Å². The fraction of sp³-hybridized carbons (Fsp3) is 0.0909. The second-order valence-electron chi connectivity index (χ2n) is 10.2. The van der Waals surface area contributed by atoms with Crippen molar-refractivity contribution in [2.75, 3.05) is 0 Å². The van der Waals surface area contributed by atoms with E-state index in [1.54, 1.807) is 0 Å². The minimum absolute atomic E-state index is 0.583. The average molecular weight is 550 g/mol. The Bertz CT molecular complexity index is 1670. The van der Waals surface area contributed by atoms with E-state index >= 15 is 0 Å². The van der Waals surface area contributed by atoms with Crippen LogP contribution in [0.15, 0.2) is 128 Å². The topological polar surface area (TPSA) is 92.1 Å². The summed E-state index contributed by atoms with van der Waals surface area (Å²) < 4.78 is 5.62. The molecule has 0 saturated heterocycles. The van der Waals surface area contributed by atoms with Crippen LogP contribution in [0.5, 0.6) is 0 Å². The molecule has 4 aromatic carbocycles. The van der Waals surface area contributed by atoms with Crippen LogP contribution in [0.4, 0.5) is 0 Å². The molecule has 0 amide bonds. The van der Waals surface area contributed by atoms with Gasteiger partial charge in [-0.1, -0.05) is 125 Å². The Morgan fingerprint density at radius 1 is 0.381 bits per heavy atom. The predicted molar refractivity (Wildman–Crippen MR) is 160 cm³/mol. The van der Waals surface area contributed by atoms with Gasteiger partial charge in [0.15, 0.2) is 0 Å². The zero-order valence-corrected chi connectivity index (χ0v) is 22.8. The maximum absolute atomic E-state index is 4.40. The molecule has 0 bridgehead atoms. The van der Waals surface area contributed by atoms with Gasteiger partial charge in [-0.15, -0.1) is 15.3 Å². The van der Waals surface area contributed by atoms with E-state index in [1.165, 1.54) is 0 Å². The second kappa shape index (κ2) is 11.4. The summed E-state index contributed by atoms with van der Waals surface area (Å²) >= 11 is 0. The smallest absolute Gasteiger partial charge is 0.113 e. The standard InChI is InChI=1S/C33H27N9/c1-4-10-28(11-5-1)31-22-40(37-34-31)19-25-16-26(20-41-23-32(35-38-41)29-12-6-2-7-13-29)18-27(17-25)21-42-24-33(36-39-42)30-14-8-3-9-15-30/h1-18,22-24H,19-21H2. The molecule has 0 saturated carbocycles. The Labute approximate surface area is 242 Å². The monoisotopic (exact) mass is 549 g/mol. The Balaban J connectivity index is 1.17. The second-order valence-corrected chi connectivity index (χ2v) is 10.2. The van der Waals surface area contributed by atoms with Gasteiger partial charge in [-0.2, -0.15) is 0 Å². The van der Waals surface area contributed by atoms with Crippen molar-refractivity contribution in [3.63, 3.8) is 0 Å². The van der Waals surface area contributed by atoms with Gasteiger partial charge in [0.25, 0.3) is 0 Å². The molecule has 42 heavy (non-hydrogen) atoms. The van der Waals surface area contributed by atoms with Crippen molar-refractivity contribution in [2.24, 2.45) is 0 Å². The molecule has 0 fully saturated rings. The largest absolute Gasteiger partial charge is 0.247 e. The number of hydrogen-bond acceptors (Lipinski definition) is 6. The predicted octanol–water partition coefficient (Wildman–Crippen LogP) is 5.61. The Kier molecular flexibility index (Phi) is 6.87. The van der Waals surface area contributed by atoms with Crippen LogP contribution in [-0.2, 0) is 19.6 Å². The molecule has 7 rings (SSSR count). The maximum Gasteiger partial charge on any atom is 0.113 e. The summed E-state index contributed by atoms with van der Waals surface area (Å²) in [6.07, 6.45) is 5.94. The van der Waals surface area contributed by atoms with Crippen molar-refractivity contribution >= 4 is 0 Å². The lowest BCUT2D eigenvalue weighted by molar-refractivity contribution is 0.628. The molecule has 3 heterocycles. The lowest BCUT2D eigenvalue weighted by atomic mass is 10.0. The van der Waals surface area contributed by atoms with Crippen LogP contribution in [0, 0.1) is 0 Å². The van der Waals surface area contributed by atoms with Crippen LogP contribution < -0.4 is 0 Å². The van der Waals surface area contributed by atoms with Crippen LogP contribution in [0.25, 0.3) is 33.8 Å².